The lowest BCUT2D eigenvalue weighted by atomic mass is 10.0. The minimum Gasteiger partial charge on any atom is -0.456 e. The fourth-order valence-corrected chi connectivity index (χ4v) is 2.44. The van der Waals surface area contributed by atoms with Gasteiger partial charge in [0, 0.05) is 25.7 Å². The summed E-state index contributed by atoms with van der Waals surface area (Å²) in [6, 6.07) is 12.2. The Kier molecular flexibility index (Phi) is 5.44. The van der Waals surface area contributed by atoms with Crippen LogP contribution in [0.5, 0.6) is 11.5 Å². The number of carbonyl (C=O) groups is 1. The summed E-state index contributed by atoms with van der Waals surface area (Å²) in [6.07, 6.45) is 8.88. The molecule has 27 heavy (non-hydrogen) atoms. The smallest absolute Gasteiger partial charge is 0.225 e. The highest BCUT2D eigenvalue weighted by atomic mass is 16.5. The van der Waals surface area contributed by atoms with E-state index in [0.29, 0.717) is 48.6 Å². The molecule has 0 unspecified atom stereocenters. The number of hydrogen-bond acceptors (Lipinski definition) is 6. The number of pyridine rings is 1. The molecule has 0 saturated heterocycles. The summed E-state index contributed by atoms with van der Waals surface area (Å²) in [5.41, 5.74) is 0.0991. The predicted octanol–water partition coefficient (Wildman–Crippen LogP) is 4.04. The lowest BCUT2D eigenvalue weighted by Gasteiger charge is -2.09. The molecule has 0 atom stereocenters. The minimum absolute atomic E-state index is 0.152. The van der Waals surface area contributed by atoms with Gasteiger partial charge in [0.2, 0.25) is 5.91 Å². The van der Waals surface area contributed by atoms with Gasteiger partial charge in [0.25, 0.3) is 0 Å². The van der Waals surface area contributed by atoms with Gasteiger partial charge in [-0.05, 0) is 36.4 Å². The van der Waals surface area contributed by atoms with E-state index in [2.05, 4.69) is 26.4 Å². The number of nitrogens with one attached hydrogen (secondary N) is 1. The van der Waals surface area contributed by atoms with Crippen molar-refractivity contribution in [3.8, 4) is 29.9 Å². The first-order valence-electron chi connectivity index (χ1n) is 8.44. The lowest BCUT2D eigenvalue weighted by molar-refractivity contribution is -0.116. The molecular weight excluding hydrogens is 342 g/mol. The van der Waals surface area contributed by atoms with Crippen LogP contribution in [0.25, 0.3) is 0 Å². The fourth-order valence-electron chi connectivity index (χ4n) is 2.44. The molecule has 0 fully saturated rings. The molecule has 7 nitrogen and oxygen atoms in total. The largest absolute Gasteiger partial charge is 0.456 e. The maximum atomic E-state index is 12.1. The molecule has 1 amide bonds. The molecule has 2 aromatic rings. The van der Waals surface area contributed by atoms with Gasteiger partial charge in [0.1, 0.15) is 17.3 Å². The second-order valence-corrected chi connectivity index (χ2v) is 6.05. The number of rotatable bonds is 8. The molecule has 7 heteroatoms. The summed E-state index contributed by atoms with van der Waals surface area (Å²) in [5, 5.41) is 19.6. The number of benzene rings is 1. The van der Waals surface area contributed by atoms with Gasteiger partial charge in [-0.1, -0.05) is 0 Å². The highest BCUT2D eigenvalue weighted by Crippen LogP contribution is 2.37. The van der Waals surface area contributed by atoms with E-state index in [-0.39, 0.29) is 5.91 Å². The molecule has 1 aromatic heterocycles. The van der Waals surface area contributed by atoms with E-state index < -0.39 is 5.66 Å². The van der Waals surface area contributed by atoms with Crippen molar-refractivity contribution in [2.24, 2.45) is 10.2 Å². The number of aromatic nitrogens is 1. The van der Waals surface area contributed by atoms with Crippen molar-refractivity contribution in [3.63, 3.8) is 0 Å². The number of terminal acetylenes is 1. The van der Waals surface area contributed by atoms with Crippen molar-refractivity contribution in [3.05, 3.63) is 48.2 Å². The van der Waals surface area contributed by atoms with Crippen molar-refractivity contribution < 1.29 is 9.53 Å². The van der Waals surface area contributed by atoms with E-state index in [1.165, 1.54) is 6.20 Å². The molecule has 0 saturated carbocycles. The predicted molar refractivity (Wildman–Crippen MR) is 99.0 cm³/mol. The standard InChI is InChI=1S/C20H17N5O2/c1-2-3-11-20(24-25-20)12-10-19(26)23-18-9-8-17(14-22-18)27-16-6-4-15(13-21)5-7-16/h1,4-9,14H,3,10-12H2,(H,22,23,26). The summed E-state index contributed by atoms with van der Waals surface area (Å²) in [6.45, 7) is 0. The minimum atomic E-state index is -0.462. The van der Waals surface area contributed by atoms with Crippen LogP contribution in [0.15, 0.2) is 52.8 Å². The molecule has 134 valence electrons. The van der Waals surface area contributed by atoms with Crippen molar-refractivity contribution in [1.29, 1.82) is 5.26 Å². The molecular formula is C20H17N5O2. The normalized spacial score (nSPS) is 13.3. The first kappa shape index (κ1) is 18.1. The van der Waals surface area contributed by atoms with Crippen LogP contribution in [0, 0.1) is 23.7 Å². The molecule has 0 bridgehead atoms. The van der Waals surface area contributed by atoms with Crippen LogP contribution in [0.2, 0.25) is 0 Å². The van der Waals surface area contributed by atoms with Gasteiger partial charge in [-0.15, -0.1) is 12.3 Å². The average molecular weight is 359 g/mol. The molecule has 1 N–H and O–H groups in total. The average Bonchev–Trinajstić information content (AvgIpc) is 3.47. The quantitative estimate of drug-likeness (QED) is 0.719. The third kappa shape index (κ3) is 5.13. The fraction of sp³-hybridized carbons (Fsp3) is 0.250. The molecule has 0 radical (unpaired) electrons. The number of amides is 1. The number of nitriles is 1. The van der Waals surface area contributed by atoms with E-state index >= 15 is 0 Å². The Balaban J connectivity index is 1.48. The number of carbonyl (C=O) groups excluding carboxylic acids is 1. The maximum Gasteiger partial charge on any atom is 0.225 e. The topological polar surface area (TPSA) is 99.7 Å². The Morgan fingerprint density at radius 1 is 1.15 bits per heavy atom. The second-order valence-electron chi connectivity index (χ2n) is 6.05. The monoisotopic (exact) mass is 359 g/mol. The molecule has 1 aliphatic heterocycles. The van der Waals surface area contributed by atoms with Gasteiger partial charge in [0.05, 0.1) is 17.8 Å². The van der Waals surface area contributed by atoms with E-state index in [9.17, 15) is 4.79 Å². The van der Waals surface area contributed by atoms with E-state index in [1.54, 1.807) is 36.4 Å². The zero-order valence-electron chi connectivity index (χ0n) is 14.6. The summed E-state index contributed by atoms with van der Waals surface area (Å²) >= 11 is 0. The second kappa shape index (κ2) is 8.11. The molecule has 1 aromatic carbocycles. The summed E-state index contributed by atoms with van der Waals surface area (Å²) in [7, 11) is 0. The molecule has 3 rings (SSSR count). The highest BCUT2D eigenvalue weighted by Gasteiger charge is 2.39. The van der Waals surface area contributed by atoms with Gasteiger partial charge in [-0.3, -0.25) is 4.79 Å². The van der Waals surface area contributed by atoms with Gasteiger partial charge < -0.3 is 10.1 Å². The third-order valence-electron chi connectivity index (χ3n) is 4.03. The molecule has 2 heterocycles. The summed E-state index contributed by atoms with van der Waals surface area (Å²) in [4.78, 5) is 16.2. The van der Waals surface area contributed by atoms with Crippen molar-refractivity contribution in [2.75, 3.05) is 5.32 Å². The molecule has 0 aliphatic carbocycles. The Bertz CT molecular complexity index is 915. The van der Waals surface area contributed by atoms with E-state index in [1.807, 2.05) is 6.07 Å². The summed E-state index contributed by atoms with van der Waals surface area (Å²) in [5.74, 6) is 3.98. The Labute approximate surface area is 157 Å². The van der Waals surface area contributed by atoms with Crippen LogP contribution in [0.4, 0.5) is 5.82 Å². The SMILES string of the molecule is C#CCCC1(CCC(=O)Nc2ccc(Oc3ccc(C#N)cc3)cn2)N=N1. The Morgan fingerprint density at radius 2 is 1.89 bits per heavy atom. The van der Waals surface area contributed by atoms with Crippen LogP contribution in [0.1, 0.15) is 31.2 Å². The number of anilines is 1. The molecule has 0 spiro atoms. The van der Waals surface area contributed by atoms with Crippen LogP contribution >= 0.6 is 0 Å². The van der Waals surface area contributed by atoms with Gasteiger partial charge in [-0.25, -0.2) is 4.98 Å². The first-order valence-corrected chi connectivity index (χ1v) is 8.44. The van der Waals surface area contributed by atoms with Gasteiger partial charge >= 0.3 is 0 Å². The van der Waals surface area contributed by atoms with E-state index in [4.69, 9.17) is 16.4 Å². The van der Waals surface area contributed by atoms with Crippen LogP contribution in [-0.2, 0) is 4.79 Å². The number of ether oxygens (including phenoxy) is 1. The highest BCUT2D eigenvalue weighted by molar-refractivity contribution is 5.89. The van der Waals surface area contributed by atoms with Gasteiger partial charge in [-0.2, -0.15) is 15.5 Å². The van der Waals surface area contributed by atoms with Gasteiger partial charge in [0.15, 0.2) is 5.66 Å². The van der Waals surface area contributed by atoms with Crippen molar-refractivity contribution in [2.45, 2.75) is 31.3 Å². The number of nitrogens with zero attached hydrogens (tertiary/aromatic N) is 4. The van der Waals surface area contributed by atoms with E-state index in [0.717, 1.165) is 0 Å². The van der Waals surface area contributed by atoms with Crippen LogP contribution in [0.3, 0.4) is 0 Å². The maximum absolute atomic E-state index is 12.1. The van der Waals surface area contributed by atoms with Crippen LogP contribution in [-0.4, -0.2) is 16.6 Å². The zero-order chi connectivity index (χ0) is 19.1. The zero-order valence-corrected chi connectivity index (χ0v) is 14.6. The van der Waals surface area contributed by atoms with Crippen molar-refractivity contribution in [1.82, 2.24) is 4.98 Å². The van der Waals surface area contributed by atoms with Crippen molar-refractivity contribution >= 4 is 11.7 Å². The summed E-state index contributed by atoms with van der Waals surface area (Å²) < 4.78 is 5.65. The first-order chi connectivity index (χ1) is 13.1. The lowest BCUT2D eigenvalue weighted by Crippen LogP contribution is -2.18. The Hall–Kier alpha value is -3.71. The molecule has 1 aliphatic rings. The van der Waals surface area contributed by atoms with Crippen LogP contribution < -0.4 is 10.1 Å². The number of hydrogen-bond donors (Lipinski definition) is 1. The third-order valence-corrected chi connectivity index (χ3v) is 4.03. The Morgan fingerprint density at radius 3 is 2.48 bits per heavy atom.